The van der Waals surface area contributed by atoms with E-state index in [1.807, 2.05) is 20.8 Å². The Labute approximate surface area is 138 Å². The molecule has 0 radical (unpaired) electrons. The molecule has 2 atom stereocenters. The minimum absolute atomic E-state index is 0.0528. The van der Waals surface area contributed by atoms with Crippen LogP contribution in [0.4, 0.5) is 13.2 Å². The monoisotopic (exact) mass is 337 g/mol. The number of allylic oxidation sites excluding steroid dienone is 2. The van der Waals surface area contributed by atoms with Crippen molar-refractivity contribution in [3.8, 4) is 0 Å². The Bertz CT molecular complexity index is 782. The van der Waals surface area contributed by atoms with E-state index < -0.39 is 23.6 Å². The highest BCUT2D eigenvalue weighted by molar-refractivity contribution is 6.02. The lowest BCUT2D eigenvalue weighted by atomic mass is 9.53. The van der Waals surface area contributed by atoms with E-state index in [0.717, 1.165) is 10.2 Å². The largest absolute Gasteiger partial charge is 0.408 e. The minimum atomic E-state index is -4.34. The zero-order chi connectivity index (χ0) is 17.9. The normalized spacial score (nSPS) is 28.6. The molecule has 0 aliphatic heterocycles. The Morgan fingerprint density at radius 3 is 2.67 bits per heavy atom. The van der Waals surface area contributed by atoms with Crippen LogP contribution in [0.5, 0.6) is 0 Å². The molecule has 0 amide bonds. The number of fused-ring (bicyclic) bond motifs is 3. The number of nitrogens with zero attached hydrogens (tertiary/aromatic N) is 3. The molecule has 4 nitrogen and oxygen atoms in total. The molecular formula is C17H18F3N3O. The van der Waals surface area contributed by atoms with Crippen LogP contribution in [0, 0.1) is 17.9 Å². The zero-order valence-corrected chi connectivity index (χ0v) is 13.7. The van der Waals surface area contributed by atoms with Gasteiger partial charge in [-0.05, 0) is 24.3 Å². The number of carbonyl (C=O) groups is 1. The van der Waals surface area contributed by atoms with Crippen molar-refractivity contribution >= 4 is 5.78 Å². The zero-order valence-electron chi connectivity index (χ0n) is 13.7. The van der Waals surface area contributed by atoms with E-state index in [1.165, 1.54) is 6.20 Å². The topological polar surface area (TPSA) is 39.2 Å². The number of alkyl halides is 3. The van der Waals surface area contributed by atoms with E-state index >= 15 is 0 Å². The molecule has 0 aromatic carbocycles. The Hall–Kier alpha value is -2.10. The summed E-state index contributed by atoms with van der Waals surface area (Å²) >= 11 is 0. The fourth-order valence-electron chi connectivity index (χ4n) is 4.33. The van der Waals surface area contributed by atoms with Crippen molar-refractivity contribution in [3.63, 3.8) is 0 Å². The molecule has 24 heavy (non-hydrogen) atoms. The summed E-state index contributed by atoms with van der Waals surface area (Å²) in [7, 11) is 0. The molecule has 2 aliphatic carbocycles. The molecular weight excluding hydrogens is 319 g/mol. The van der Waals surface area contributed by atoms with Gasteiger partial charge in [0.15, 0.2) is 5.78 Å². The summed E-state index contributed by atoms with van der Waals surface area (Å²) in [5.74, 6) is -0.289. The van der Waals surface area contributed by atoms with Gasteiger partial charge in [-0.25, -0.2) is 4.85 Å². The van der Waals surface area contributed by atoms with Crippen molar-refractivity contribution in [2.45, 2.75) is 51.7 Å². The van der Waals surface area contributed by atoms with Gasteiger partial charge in [0.25, 0.3) is 0 Å². The quantitative estimate of drug-likeness (QED) is 0.734. The van der Waals surface area contributed by atoms with Crippen LogP contribution in [-0.2, 0) is 23.2 Å². The fourth-order valence-corrected chi connectivity index (χ4v) is 4.33. The van der Waals surface area contributed by atoms with Gasteiger partial charge in [0.2, 0.25) is 5.70 Å². The number of Topliss-reactive ketones (excluding diaryl/α,β-unsaturated/α-hetero) is 1. The van der Waals surface area contributed by atoms with Crippen molar-refractivity contribution in [1.82, 2.24) is 9.78 Å². The molecule has 3 rings (SSSR count). The highest BCUT2D eigenvalue weighted by Gasteiger charge is 2.54. The van der Waals surface area contributed by atoms with Crippen LogP contribution in [0.25, 0.3) is 4.85 Å². The van der Waals surface area contributed by atoms with E-state index in [2.05, 4.69) is 9.94 Å². The van der Waals surface area contributed by atoms with Crippen LogP contribution in [0.1, 0.15) is 38.4 Å². The van der Waals surface area contributed by atoms with Crippen LogP contribution < -0.4 is 0 Å². The number of hydrogen-bond acceptors (Lipinski definition) is 2. The third-order valence-electron chi connectivity index (χ3n) is 5.36. The van der Waals surface area contributed by atoms with Crippen LogP contribution in [0.15, 0.2) is 18.0 Å². The standard InChI is InChI=1S/C17H18F3N3O/c1-15(2)12-6-5-10-8-23(9-17(18,19)20)22-13(10)16(12,3)7-11(21-4)14(15)24/h7-8,12H,5-6,9H2,1-3H3/t12-,16-/m0/s1. The van der Waals surface area contributed by atoms with Gasteiger partial charge < -0.3 is 4.79 Å². The van der Waals surface area contributed by atoms with Gasteiger partial charge in [0.1, 0.15) is 6.54 Å². The van der Waals surface area contributed by atoms with Gasteiger partial charge in [-0.2, -0.15) is 18.3 Å². The highest BCUT2D eigenvalue weighted by Crippen LogP contribution is 2.54. The molecule has 1 aromatic rings. The number of aryl methyl sites for hydroxylation is 1. The summed E-state index contributed by atoms with van der Waals surface area (Å²) in [6.07, 6.45) is -0.0123. The predicted octanol–water partition coefficient (Wildman–Crippen LogP) is 3.68. The Morgan fingerprint density at radius 2 is 2.08 bits per heavy atom. The second kappa shape index (κ2) is 4.95. The number of hydrogen-bond donors (Lipinski definition) is 0. The van der Waals surface area contributed by atoms with Gasteiger partial charge in [-0.15, -0.1) is 0 Å². The van der Waals surface area contributed by atoms with E-state index in [1.54, 1.807) is 6.08 Å². The second-order valence-corrected chi connectivity index (χ2v) is 7.38. The van der Waals surface area contributed by atoms with E-state index in [9.17, 15) is 18.0 Å². The van der Waals surface area contributed by atoms with Crippen LogP contribution in [0.2, 0.25) is 0 Å². The molecule has 1 heterocycles. The molecule has 7 heteroatoms. The van der Waals surface area contributed by atoms with Crippen molar-refractivity contribution in [2.24, 2.45) is 11.3 Å². The molecule has 2 aliphatic rings. The molecule has 1 aromatic heterocycles. The lowest BCUT2D eigenvalue weighted by Gasteiger charge is -2.49. The third-order valence-corrected chi connectivity index (χ3v) is 5.36. The molecule has 0 spiro atoms. The first kappa shape index (κ1) is 16.7. The summed E-state index contributed by atoms with van der Waals surface area (Å²) in [5, 5.41) is 4.19. The average Bonchev–Trinajstić information content (AvgIpc) is 2.84. The lowest BCUT2D eigenvalue weighted by molar-refractivity contribution is -0.142. The maximum absolute atomic E-state index is 12.7. The van der Waals surface area contributed by atoms with Gasteiger partial charge in [-0.3, -0.25) is 4.68 Å². The Balaban J connectivity index is 2.14. The second-order valence-electron chi connectivity index (χ2n) is 7.38. The summed E-state index contributed by atoms with van der Waals surface area (Å²) in [6, 6.07) is 0. The lowest BCUT2D eigenvalue weighted by Crippen LogP contribution is -2.50. The minimum Gasteiger partial charge on any atom is -0.307 e. The summed E-state index contributed by atoms with van der Waals surface area (Å²) in [4.78, 5) is 15.9. The molecule has 128 valence electrons. The Morgan fingerprint density at radius 1 is 1.42 bits per heavy atom. The highest BCUT2D eigenvalue weighted by atomic mass is 19.4. The van der Waals surface area contributed by atoms with Crippen molar-refractivity contribution in [3.05, 3.63) is 40.6 Å². The maximum Gasteiger partial charge on any atom is 0.408 e. The molecule has 0 saturated heterocycles. The molecule has 0 N–H and O–H groups in total. The third kappa shape index (κ3) is 2.36. The van der Waals surface area contributed by atoms with Gasteiger partial charge in [-0.1, -0.05) is 26.8 Å². The number of ketones is 1. The first-order chi connectivity index (χ1) is 11.0. The first-order valence-electron chi connectivity index (χ1n) is 7.78. The molecule has 0 bridgehead atoms. The number of aromatic nitrogens is 2. The molecule has 0 unspecified atom stereocenters. The molecule has 0 fully saturated rings. The SMILES string of the molecule is [C-]#[N+]C1=C[C@]2(C)c3nn(CC(F)(F)F)cc3CC[C@H]2C(C)(C)C1=O. The molecule has 0 saturated carbocycles. The smallest absolute Gasteiger partial charge is 0.307 e. The van der Waals surface area contributed by atoms with Crippen LogP contribution >= 0.6 is 0 Å². The van der Waals surface area contributed by atoms with Gasteiger partial charge in [0.05, 0.1) is 12.3 Å². The fraction of sp³-hybridized carbons (Fsp3) is 0.588. The average molecular weight is 337 g/mol. The summed E-state index contributed by atoms with van der Waals surface area (Å²) < 4.78 is 38.9. The van der Waals surface area contributed by atoms with Crippen LogP contribution in [0.3, 0.4) is 0 Å². The number of carbonyl (C=O) groups excluding carboxylic acids is 1. The number of halogens is 3. The number of rotatable bonds is 1. The van der Waals surface area contributed by atoms with E-state index in [0.29, 0.717) is 18.5 Å². The van der Waals surface area contributed by atoms with Gasteiger partial charge in [0, 0.05) is 17.0 Å². The van der Waals surface area contributed by atoms with E-state index in [4.69, 9.17) is 6.57 Å². The van der Waals surface area contributed by atoms with E-state index in [-0.39, 0.29) is 17.4 Å². The van der Waals surface area contributed by atoms with Crippen molar-refractivity contribution in [2.75, 3.05) is 0 Å². The maximum atomic E-state index is 12.7. The van der Waals surface area contributed by atoms with Gasteiger partial charge >= 0.3 is 6.18 Å². The van der Waals surface area contributed by atoms with Crippen molar-refractivity contribution < 1.29 is 18.0 Å². The van der Waals surface area contributed by atoms with Crippen LogP contribution in [-0.4, -0.2) is 21.7 Å². The first-order valence-corrected chi connectivity index (χ1v) is 7.78. The summed E-state index contributed by atoms with van der Waals surface area (Å²) in [5.41, 5.74) is -0.0678. The Kier molecular flexibility index (Phi) is 3.45. The van der Waals surface area contributed by atoms with Crippen molar-refractivity contribution in [1.29, 1.82) is 0 Å². The summed E-state index contributed by atoms with van der Waals surface area (Å²) in [6.45, 7) is 11.6. The predicted molar refractivity (Wildman–Crippen MR) is 80.9 cm³/mol.